The van der Waals surface area contributed by atoms with Gasteiger partial charge in [-0.15, -0.1) is 0 Å². The van der Waals surface area contributed by atoms with Gasteiger partial charge in [-0.25, -0.2) is 17.2 Å². The van der Waals surface area contributed by atoms with E-state index < -0.39 is 22.0 Å². The SMILES string of the molecule is Nc1cc(Cl)ccc1S(=O)(=O)CC(F)F. The van der Waals surface area contributed by atoms with Gasteiger partial charge >= 0.3 is 0 Å². The number of rotatable bonds is 3. The zero-order valence-electron chi connectivity index (χ0n) is 7.45. The molecule has 0 radical (unpaired) electrons. The zero-order valence-corrected chi connectivity index (χ0v) is 9.02. The van der Waals surface area contributed by atoms with Gasteiger partial charge in [-0.3, -0.25) is 0 Å². The standard InChI is InChI=1S/C8H8ClF2NO2S/c9-5-1-2-7(6(12)3-5)15(13,14)4-8(10)11/h1-3,8H,4,12H2. The van der Waals surface area contributed by atoms with Gasteiger partial charge in [0.05, 0.1) is 10.6 Å². The maximum absolute atomic E-state index is 12.0. The molecule has 1 aromatic rings. The second-order valence-corrected chi connectivity index (χ2v) is 5.29. The van der Waals surface area contributed by atoms with E-state index in [0.29, 0.717) is 0 Å². The average molecular weight is 256 g/mol. The number of nitrogens with two attached hydrogens (primary N) is 1. The first-order valence-corrected chi connectivity index (χ1v) is 5.92. The highest BCUT2D eigenvalue weighted by Crippen LogP contribution is 2.24. The lowest BCUT2D eigenvalue weighted by Gasteiger charge is -2.06. The topological polar surface area (TPSA) is 60.2 Å². The van der Waals surface area contributed by atoms with Gasteiger partial charge in [0.2, 0.25) is 0 Å². The molecule has 0 saturated carbocycles. The molecule has 15 heavy (non-hydrogen) atoms. The van der Waals surface area contributed by atoms with Gasteiger partial charge in [0.15, 0.2) is 9.84 Å². The van der Waals surface area contributed by atoms with E-state index in [2.05, 4.69) is 0 Å². The minimum Gasteiger partial charge on any atom is -0.398 e. The average Bonchev–Trinajstić information content (AvgIpc) is 1.99. The molecule has 0 atom stereocenters. The highest BCUT2D eigenvalue weighted by Gasteiger charge is 2.22. The van der Waals surface area contributed by atoms with Gasteiger partial charge in [-0.05, 0) is 18.2 Å². The Bertz CT molecular complexity index is 462. The molecule has 3 nitrogen and oxygen atoms in total. The fraction of sp³-hybridized carbons (Fsp3) is 0.250. The molecule has 0 amide bonds. The summed E-state index contributed by atoms with van der Waals surface area (Å²) in [5.74, 6) is -1.24. The highest BCUT2D eigenvalue weighted by atomic mass is 35.5. The van der Waals surface area contributed by atoms with Crippen LogP contribution in [0.15, 0.2) is 23.1 Å². The van der Waals surface area contributed by atoms with Crippen LogP contribution in [0, 0.1) is 0 Å². The Morgan fingerprint density at radius 1 is 1.40 bits per heavy atom. The second-order valence-electron chi connectivity index (χ2n) is 2.85. The molecule has 7 heteroatoms. The Kier molecular flexibility index (Phi) is 3.51. The minimum absolute atomic E-state index is 0.122. The van der Waals surface area contributed by atoms with E-state index in [1.54, 1.807) is 0 Å². The first-order chi connectivity index (χ1) is 6.83. The number of sulfone groups is 1. The lowest BCUT2D eigenvalue weighted by Crippen LogP contribution is -2.15. The molecule has 0 bridgehead atoms. The summed E-state index contributed by atoms with van der Waals surface area (Å²) >= 11 is 5.55. The largest absolute Gasteiger partial charge is 0.398 e. The summed E-state index contributed by atoms with van der Waals surface area (Å²) in [5.41, 5.74) is 5.25. The van der Waals surface area contributed by atoms with Crippen molar-refractivity contribution in [3.63, 3.8) is 0 Å². The third kappa shape index (κ3) is 3.04. The number of benzene rings is 1. The molecule has 1 rings (SSSR count). The number of alkyl halides is 2. The van der Waals surface area contributed by atoms with E-state index in [1.165, 1.54) is 12.1 Å². The van der Waals surface area contributed by atoms with Crippen LogP contribution in [-0.2, 0) is 9.84 Å². The summed E-state index contributed by atoms with van der Waals surface area (Å²) in [6, 6.07) is 3.62. The highest BCUT2D eigenvalue weighted by molar-refractivity contribution is 7.91. The summed E-state index contributed by atoms with van der Waals surface area (Å²) in [5, 5.41) is 0.253. The van der Waals surface area contributed by atoms with Crippen molar-refractivity contribution < 1.29 is 17.2 Å². The van der Waals surface area contributed by atoms with Gasteiger partial charge in [0.1, 0.15) is 5.75 Å². The van der Waals surface area contributed by atoms with Crippen LogP contribution >= 0.6 is 11.6 Å². The number of anilines is 1. The number of halogens is 3. The van der Waals surface area contributed by atoms with E-state index in [1.807, 2.05) is 0 Å². The quantitative estimate of drug-likeness (QED) is 0.840. The number of hydrogen-bond acceptors (Lipinski definition) is 3. The molecule has 0 aliphatic carbocycles. The molecule has 2 N–H and O–H groups in total. The van der Waals surface area contributed by atoms with Crippen LogP contribution in [0.3, 0.4) is 0 Å². The molecular formula is C8H8ClF2NO2S. The molecule has 0 aliphatic rings. The van der Waals surface area contributed by atoms with Crippen molar-refractivity contribution >= 4 is 27.1 Å². The van der Waals surface area contributed by atoms with Crippen LogP contribution in [0.4, 0.5) is 14.5 Å². The normalized spacial score (nSPS) is 12.0. The van der Waals surface area contributed by atoms with Gasteiger partial charge in [-0.1, -0.05) is 11.6 Å². The van der Waals surface area contributed by atoms with Crippen molar-refractivity contribution in [3.05, 3.63) is 23.2 Å². The lowest BCUT2D eigenvalue weighted by atomic mass is 10.3. The van der Waals surface area contributed by atoms with Gasteiger partial charge in [0.25, 0.3) is 6.43 Å². The summed E-state index contributed by atoms with van der Waals surface area (Å²) in [7, 11) is -4.04. The van der Waals surface area contributed by atoms with Crippen molar-refractivity contribution in [3.8, 4) is 0 Å². The first kappa shape index (κ1) is 12.2. The molecule has 0 saturated heterocycles. The fourth-order valence-corrected chi connectivity index (χ4v) is 2.44. The Morgan fingerprint density at radius 3 is 2.47 bits per heavy atom. The van der Waals surface area contributed by atoms with Crippen LogP contribution in [0.1, 0.15) is 0 Å². The first-order valence-electron chi connectivity index (χ1n) is 3.89. The van der Waals surface area contributed by atoms with Crippen molar-refractivity contribution in [1.29, 1.82) is 0 Å². The van der Waals surface area contributed by atoms with Crippen LogP contribution in [-0.4, -0.2) is 20.6 Å². The lowest BCUT2D eigenvalue weighted by molar-refractivity contribution is 0.174. The summed E-state index contributed by atoms with van der Waals surface area (Å²) < 4.78 is 46.7. The molecule has 0 heterocycles. The number of nitrogen functional groups attached to an aromatic ring is 1. The van der Waals surface area contributed by atoms with Crippen molar-refractivity contribution in [2.24, 2.45) is 0 Å². The van der Waals surface area contributed by atoms with Crippen molar-refractivity contribution in [2.75, 3.05) is 11.5 Å². The minimum atomic E-state index is -4.04. The number of hydrogen-bond donors (Lipinski definition) is 1. The van der Waals surface area contributed by atoms with E-state index in [9.17, 15) is 17.2 Å². The van der Waals surface area contributed by atoms with Crippen LogP contribution in [0.25, 0.3) is 0 Å². The third-order valence-corrected chi connectivity index (χ3v) is 3.62. The predicted octanol–water partition coefficient (Wildman–Crippen LogP) is 1.96. The zero-order chi connectivity index (χ0) is 11.6. The third-order valence-electron chi connectivity index (χ3n) is 1.65. The van der Waals surface area contributed by atoms with Crippen molar-refractivity contribution in [2.45, 2.75) is 11.3 Å². The Morgan fingerprint density at radius 2 is 2.00 bits per heavy atom. The van der Waals surface area contributed by atoms with E-state index >= 15 is 0 Å². The Labute approximate surface area is 90.8 Å². The monoisotopic (exact) mass is 255 g/mol. The summed E-state index contributed by atoms with van der Waals surface area (Å²) in [4.78, 5) is -0.313. The summed E-state index contributed by atoms with van der Waals surface area (Å²) in [6.07, 6.45) is -2.93. The van der Waals surface area contributed by atoms with Gasteiger partial charge in [-0.2, -0.15) is 0 Å². The van der Waals surface area contributed by atoms with Crippen LogP contribution < -0.4 is 5.73 Å². The van der Waals surface area contributed by atoms with Crippen LogP contribution in [0.2, 0.25) is 5.02 Å². The fourth-order valence-electron chi connectivity index (χ4n) is 1.06. The Hall–Kier alpha value is -0.880. The van der Waals surface area contributed by atoms with Gasteiger partial charge < -0.3 is 5.73 Å². The molecule has 0 aliphatic heterocycles. The van der Waals surface area contributed by atoms with Gasteiger partial charge in [0, 0.05) is 5.02 Å². The van der Waals surface area contributed by atoms with Crippen molar-refractivity contribution in [1.82, 2.24) is 0 Å². The maximum atomic E-state index is 12.0. The van der Waals surface area contributed by atoms with E-state index in [-0.39, 0.29) is 15.6 Å². The Balaban J connectivity index is 3.16. The molecule has 0 unspecified atom stereocenters. The predicted molar refractivity (Wildman–Crippen MR) is 53.9 cm³/mol. The molecule has 0 fully saturated rings. The molecule has 0 spiro atoms. The molecule has 84 valence electrons. The molecule has 0 aromatic heterocycles. The van der Waals surface area contributed by atoms with E-state index in [4.69, 9.17) is 17.3 Å². The second kappa shape index (κ2) is 4.32. The van der Waals surface area contributed by atoms with E-state index in [0.717, 1.165) is 6.07 Å². The molecular weight excluding hydrogens is 248 g/mol. The van der Waals surface area contributed by atoms with Crippen LogP contribution in [0.5, 0.6) is 0 Å². The summed E-state index contributed by atoms with van der Waals surface area (Å²) in [6.45, 7) is 0. The molecule has 1 aromatic carbocycles. The smallest absolute Gasteiger partial charge is 0.252 e. The maximum Gasteiger partial charge on any atom is 0.252 e.